The van der Waals surface area contributed by atoms with E-state index in [0.29, 0.717) is 25.9 Å². The first-order chi connectivity index (χ1) is 7.57. The van der Waals surface area contributed by atoms with Gasteiger partial charge in [-0.3, -0.25) is 9.78 Å². The maximum Gasteiger partial charge on any atom is 0.223 e. The molecule has 1 N–H and O–H groups in total. The number of β-amino-alcohol motifs (C(OH)–C–C–N with tert-alkyl or cyclic N) is 1. The largest absolute Gasteiger partial charge is 0.386 e. The fourth-order valence-electron chi connectivity index (χ4n) is 1.89. The van der Waals surface area contributed by atoms with E-state index in [1.165, 1.54) is 0 Å². The molecule has 1 fully saturated rings. The Morgan fingerprint density at radius 3 is 2.88 bits per heavy atom. The molecule has 0 aliphatic carbocycles. The normalized spacial score (nSPS) is 18.0. The molecule has 1 aromatic rings. The molecule has 0 aromatic carbocycles. The van der Waals surface area contributed by atoms with E-state index in [1.807, 2.05) is 18.2 Å². The average molecular weight is 220 g/mol. The summed E-state index contributed by atoms with van der Waals surface area (Å²) in [6.07, 6.45) is 2.86. The zero-order valence-corrected chi connectivity index (χ0v) is 9.39. The van der Waals surface area contributed by atoms with E-state index in [2.05, 4.69) is 4.98 Å². The molecule has 0 radical (unpaired) electrons. The van der Waals surface area contributed by atoms with Crippen LogP contribution in [0.4, 0.5) is 0 Å². The Morgan fingerprint density at radius 2 is 2.31 bits per heavy atom. The predicted molar refractivity (Wildman–Crippen MR) is 59.8 cm³/mol. The second kappa shape index (κ2) is 4.22. The van der Waals surface area contributed by atoms with Crippen LogP contribution in [0.25, 0.3) is 0 Å². The lowest BCUT2D eigenvalue weighted by Crippen LogP contribution is -2.61. The molecule has 86 valence electrons. The van der Waals surface area contributed by atoms with E-state index in [1.54, 1.807) is 18.0 Å². The molecule has 0 unspecified atom stereocenters. The van der Waals surface area contributed by atoms with Gasteiger partial charge in [-0.2, -0.15) is 0 Å². The van der Waals surface area contributed by atoms with Gasteiger partial charge in [0.05, 0.1) is 18.7 Å². The first kappa shape index (κ1) is 11.1. The van der Waals surface area contributed by atoms with Crippen molar-refractivity contribution in [2.75, 3.05) is 13.1 Å². The average Bonchev–Trinajstić information content (AvgIpc) is 2.24. The summed E-state index contributed by atoms with van der Waals surface area (Å²) < 4.78 is 0. The van der Waals surface area contributed by atoms with Crippen molar-refractivity contribution in [1.82, 2.24) is 9.88 Å². The summed E-state index contributed by atoms with van der Waals surface area (Å²) in [6.45, 7) is 2.65. The third-order valence-electron chi connectivity index (χ3n) is 2.74. The van der Waals surface area contributed by atoms with Gasteiger partial charge in [0.15, 0.2) is 0 Å². The number of hydrogen-bond donors (Lipinski definition) is 1. The van der Waals surface area contributed by atoms with Gasteiger partial charge in [-0.1, -0.05) is 6.07 Å². The number of aryl methyl sites for hydroxylation is 1. The van der Waals surface area contributed by atoms with Gasteiger partial charge in [0.1, 0.15) is 0 Å². The molecule has 0 bridgehead atoms. The van der Waals surface area contributed by atoms with Crippen LogP contribution in [-0.4, -0.2) is 39.6 Å². The number of aliphatic hydroxyl groups is 1. The maximum atomic E-state index is 11.7. The zero-order chi connectivity index (χ0) is 11.6. The quantitative estimate of drug-likeness (QED) is 0.812. The first-order valence-corrected chi connectivity index (χ1v) is 5.47. The molecule has 1 aromatic heterocycles. The van der Waals surface area contributed by atoms with Crippen LogP contribution in [0.3, 0.4) is 0 Å². The lowest BCUT2D eigenvalue weighted by molar-refractivity contribution is -0.152. The van der Waals surface area contributed by atoms with Crippen LogP contribution in [0.15, 0.2) is 24.4 Å². The highest BCUT2D eigenvalue weighted by atomic mass is 16.3. The van der Waals surface area contributed by atoms with Gasteiger partial charge in [-0.15, -0.1) is 0 Å². The first-order valence-electron chi connectivity index (χ1n) is 5.47. The summed E-state index contributed by atoms with van der Waals surface area (Å²) in [7, 11) is 0. The highest BCUT2D eigenvalue weighted by Gasteiger charge is 2.38. The number of likely N-dealkylation sites (tertiary alicyclic amines) is 1. The molecule has 2 rings (SSSR count). The van der Waals surface area contributed by atoms with Crippen LogP contribution in [-0.2, 0) is 11.2 Å². The molecule has 0 saturated carbocycles. The fourth-order valence-corrected chi connectivity index (χ4v) is 1.89. The molecular weight excluding hydrogens is 204 g/mol. The van der Waals surface area contributed by atoms with Crippen LogP contribution in [0, 0.1) is 0 Å². The molecule has 1 amide bonds. The highest BCUT2D eigenvalue weighted by molar-refractivity contribution is 5.77. The minimum Gasteiger partial charge on any atom is -0.386 e. The number of carbonyl (C=O) groups is 1. The van der Waals surface area contributed by atoms with Crippen molar-refractivity contribution >= 4 is 5.91 Å². The Balaban J connectivity index is 1.77. The third kappa shape index (κ3) is 2.58. The number of pyridine rings is 1. The molecule has 4 nitrogen and oxygen atoms in total. The van der Waals surface area contributed by atoms with Gasteiger partial charge in [0.25, 0.3) is 0 Å². The molecule has 16 heavy (non-hydrogen) atoms. The summed E-state index contributed by atoms with van der Waals surface area (Å²) in [5, 5.41) is 9.51. The minimum atomic E-state index is -0.680. The Bertz CT molecular complexity index is 368. The monoisotopic (exact) mass is 220 g/mol. The Hall–Kier alpha value is -1.42. The smallest absolute Gasteiger partial charge is 0.223 e. The van der Waals surface area contributed by atoms with E-state index in [0.717, 1.165) is 5.69 Å². The van der Waals surface area contributed by atoms with Gasteiger partial charge in [0.2, 0.25) is 5.91 Å². The third-order valence-corrected chi connectivity index (χ3v) is 2.74. The predicted octanol–water partition coefficient (Wildman–Crippen LogP) is 0.607. The van der Waals surface area contributed by atoms with Gasteiger partial charge in [-0.05, 0) is 25.5 Å². The maximum absolute atomic E-state index is 11.7. The van der Waals surface area contributed by atoms with E-state index < -0.39 is 5.60 Å². The fraction of sp³-hybridized carbons (Fsp3) is 0.500. The van der Waals surface area contributed by atoms with Gasteiger partial charge in [-0.25, -0.2) is 0 Å². The molecule has 0 spiro atoms. The molecule has 2 heterocycles. The number of nitrogens with zero attached hydrogens (tertiary/aromatic N) is 2. The van der Waals surface area contributed by atoms with Crippen LogP contribution in [0.1, 0.15) is 19.0 Å². The Morgan fingerprint density at radius 1 is 1.56 bits per heavy atom. The summed E-state index contributed by atoms with van der Waals surface area (Å²) in [4.78, 5) is 17.5. The molecule has 1 saturated heterocycles. The van der Waals surface area contributed by atoms with Crippen molar-refractivity contribution < 1.29 is 9.90 Å². The van der Waals surface area contributed by atoms with Crippen LogP contribution >= 0.6 is 0 Å². The van der Waals surface area contributed by atoms with Gasteiger partial charge >= 0.3 is 0 Å². The summed E-state index contributed by atoms with van der Waals surface area (Å²) in [5.74, 6) is 0.0946. The van der Waals surface area contributed by atoms with Crippen LogP contribution in [0.5, 0.6) is 0 Å². The van der Waals surface area contributed by atoms with Crippen molar-refractivity contribution in [1.29, 1.82) is 0 Å². The van der Waals surface area contributed by atoms with Crippen molar-refractivity contribution in [3.05, 3.63) is 30.1 Å². The summed E-state index contributed by atoms with van der Waals surface area (Å²) in [6, 6.07) is 5.69. The minimum absolute atomic E-state index is 0.0946. The van der Waals surface area contributed by atoms with E-state index in [-0.39, 0.29) is 5.91 Å². The second-order valence-corrected chi connectivity index (χ2v) is 4.57. The van der Waals surface area contributed by atoms with Crippen LogP contribution in [0.2, 0.25) is 0 Å². The van der Waals surface area contributed by atoms with E-state index in [9.17, 15) is 9.90 Å². The number of rotatable bonds is 3. The summed E-state index contributed by atoms with van der Waals surface area (Å²) in [5.41, 5.74) is 0.254. The van der Waals surface area contributed by atoms with Gasteiger partial charge < -0.3 is 10.0 Å². The summed E-state index contributed by atoms with van der Waals surface area (Å²) >= 11 is 0. The number of hydrogen-bond acceptors (Lipinski definition) is 3. The number of amides is 1. The standard InChI is InChI=1S/C12H16N2O2/c1-12(16)8-14(9-12)11(15)6-5-10-4-2-3-7-13-10/h2-4,7,16H,5-6,8-9H2,1H3. The van der Waals surface area contributed by atoms with Crippen molar-refractivity contribution in [3.63, 3.8) is 0 Å². The van der Waals surface area contributed by atoms with Gasteiger partial charge in [0, 0.05) is 18.3 Å². The lowest BCUT2D eigenvalue weighted by Gasteiger charge is -2.44. The number of carbonyl (C=O) groups excluding carboxylic acids is 1. The Labute approximate surface area is 94.9 Å². The zero-order valence-electron chi connectivity index (χ0n) is 9.39. The molecular formula is C12H16N2O2. The van der Waals surface area contributed by atoms with Crippen LogP contribution < -0.4 is 0 Å². The van der Waals surface area contributed by atoms with Crippen molar-refractivity contribution in [2.24, 2.45) is 0 Å². The molecule has 0 atom stereocenters. The van der Waals surface area contributed by atoms with Crippen molar-refractivity contribution in [3.8, 4) is 0 Å². The molecule has 1 aliphatic rings. The number of aromatic nitrogens is 1. The van der Waals surface area contributed by atoms with E-state index in [4.69, 9.17) is 0 Å². The lowest BCUT2D eigenvalue weighted by atomic mass is 9.96. The SMILES string of the molecule is CC1(O)CN(C(=O)CCc2ccccn2)C1. The highest BCUT2D eigenvalue weighted by Crippen LogP contribution is 2.20. The second-order valence-electron chi connectivity index (χ2n) is 4.57. The van der Waals surface area contributed by atoms with E-state index >= 15 is 0 Å². The Kier molecular flexibility index (Phi) is 2.92. The molecule has 1 aliphatic heterocycles. The topological polar surface area (TPSA) is 53.4 Å². The van der Waals surface area contributed by atoms with Crippen molar-refractivity contribution in [2.45, 2.75) is 25.4 Å². The molecule has 4 heteroatoms.